The van der Waals surface area contributed by atoms with E-state index in [1.807, 2.05) is 24.4 Å². The van der Waals surface area contributed by atoms with Crippen LogP contribution in [-0.2, 0) is 13.1 Å². The number of nitrogens with zero attached hydrogens (tertiary/aromatic N) is 1. The maximum Gasteiger partial charge on any atom is 0.107 e. The highest BCUT2D eigenvalue weighted by atomic mass is 35.5. The maximum absolute atomic E-state index is 6.07. The molecule has 0 aliphatic carbocycles. The van der Waals surface area contributed by atoms with Crippen LogP contribution >= 0.6 is 34.5 Å². The second kappa shape index (κ2) is 5.83. The zero-order valence-corrected chi connectivity index (χ0v) is 11.7. The molecule has 5 heteroatoms. The Bertz CT molecular complexity index is 511. The van der Waals surface area contributed by atoms with Crippen molar-refractivity contribution in [1.82, 2.24) is 10.3 Å². The largest absolute Gasteiger partial charge is 0.306 e. The van der Waals surface area contributed by atoms with Gasteiger partial charge in [0.1, 0.15) is 5.01 Å². The number of hydrogen-bond donors (Lipinski definition) is 1. The van der Waals surface area contributed by atoms with Crippen LogP contribution in [0.1, 0.15) is 16.3 Å². The number of rotatable bonds is 4. The van der Waals surface area contributed by atoms with Gasteiger partial charge in [-0.05, 0) is 30.7 Å². The van der Waals surface area contributed by atoms with Crippen molar-refractivity contribution in [3.8, 4) is 0 Å². The third kappa shape index (κ3) is 3.68. The smallest absolute Gasteiger partial charge is 0.107 e. The summed E-state index contributed by atoms with van der Waals surface area (Å²) < 4.78 is 0. The van der Waals surface area contributed by atoms with Gasteiger partial charge in [0.05, 0.1) is 0 Å². The number of thiazole rings is 1. The lowest BCUT2D eigenvalue weighted by Crippen LogP contribution is -2.12. The molecule has 1 N–H and O–H groups in total. The predicted molar refractivity (Wildman–Crippen MR) is 73.9 cm³/mol. The summed E-state index contributed by atoms with van der Waals surface area (Å²) in [4.78, 5) is 4.38. The predicted octanol–water partition coefficient (Wildman–Crippen LogP) is 4.05. The van der Waals surface area contributed by atoms with Gasteiger partial charge in [0, 0.05) is 34.2 Å². The van der Waals surface area contributed by atoms with Crippen LogP contribution < -0.4 is 5.32 Å². The lowest BCUT2D eigenvalue weighted by Gasteiger charge is -2.05. The third-order valence-electron chi connectivity index (χ3n) is 2.27. The number of aryl methyl sites for hydroxylation is 1. The Labute approximate surface area is 115 Å². The Morgan fingerprint density at radius 1 is 1.29 bits per heavy atom. The average molecular weight is 287 g/mol. The van der Waals surface area contributed by atoms with Crippen LogP contribution in [0.15, 0.2) is 23.6 Å². The van der Waals surface area contributed by atoms with Crippen LogP contribution in [-0.4, -0.2) is 4.98 Å². The summed E-state index contributed by atoms with van der Waals surface area (Å²) in [6, 6.07) is 5.48. The molecule has 0 spiro atoms. The van der Waals surface area contributed by atoms with Crippen LogP contribution in [0, 0.1) is 6.92 Å². The molecule has 2 rings (SSSR count). The van der Waals surface area contributed by atoms with Gasteiger partial charge in [-0.1, -0.05) is 23.2 Å². The molecule has 0 unspecified atom stereocenters. The summed E-state index contributed by atoms with van der Waals surface area (Å²) >= 11 is 13.6. The van der Waals surface area contributed by atoms with Gasteiger partial charge in [-0.15, -0.1) is 11.3 Å². The normalized spacial score (nSPS) is 10.8. The van der Waals surface area contributed by atoms with E-state index < -0.39 is 0 Å². The molecule has 0 saturated carbocycles. The van der Waals surface area contributed by atoms with Crippen molar-refractivity contribution in [2.45, 2.75) is 20.0 Å². The highest BCUT2D eigenvalue weighted by Gasteiger charge is 2.02. The molecule has 0 aliphatic heterocycles. The molecule has 0 fully saturated rings. The van der Waals surface area contributed by atoms with Crippen molar-refractivity contribution < 1.29 is 0 Å². The molecule has 1 heterocycles. The first-order chi connectivity index (χ1) is 8.15. The summed E-state index contributed by atoms with van der Waals surface area (Å²) in [5.74, 6) is 0. The second-order valence-electron chi connectivity index (χ2n) is 3.72. The van der Waals surface area contributed by atoms with Gasteiger partial charge in [0.15, 0.2) is 0 Å². The van der Waals surface area contributed by atoms with Gasteiger partial charge < -0.3 is 5.32 Å². The third-order valence-corrected chi connectivity index (χ3v) is 3.84. The Morgan fingerprint density at radius 2 is 2.12 bits per heavy atom. The van der Waals surface area contributed by atoms with Gasteiger partial charge in [-0.3, -0.25) is 0 Å². The summed E-state index contributed by atoms with van der Waals surface area (Å²) in [7, 11) is 0. The van der Waals surface area contributed by atoms with E-state index in [2.05, 4.69) is 10.3 Å². The molecule has 2 nitrogen and oxygen atoms in total. The van der Waals surface area contributed by atoms with E-state index in [4.69, 9.17) is 23.2 Å². The quantitative estimate of drug-likeness (QED) is 0.917. The topological polar surface area (TPSA) is 24.9 Å². The second-order valence-corrected chi connectivity index (χ2v) is 5.51. The molecule has 17 heavy (non-hydrogen) atoms. The number of halogens is 2. The van der Waals surface area contributed by atoms with Gasteiger partial charge in [-0.2, -0.15) is 0 Å². The summed E-state index contributed by atoms with van der Waals surface area (Å²) in [6.45, 7) is 3.44. The standard InChI is InChI=1S/C12H12Cl2N2S/c1-8-7-17-12(16-8)6-15-5-9-4-10(13)2-3-11(9)14/h2-4,7,15H,5-6H2,1H3. The minimum atomic E-state index is 0.692. The van der Waals surface area contributed by atoms with E-state index in [1.165, 1.54) is 0 Å². The lowest BCUT2D eigenvalue weighted by molar-refractivity contribution is 0.689. The van der Waals surface area contributed by atoms with E-state index in [1.54, 1.807) is 17.4 Å². The zero-order valence-electron chi connectivity index (χ0n) is 9.34. The molecular weight excluding hydrogens is 275 g/mol. The summed E-state index contributed by atoms with van der Waals surface area (Å²) in [6.07, 6.45) is 0. The van der Waals surface area contributed by atoms with E-state index in [9.17, 15) is 0 Å². The van der Waals surface area contributed by atoms with Crippen molar-refractivity contribution in [3.63, 3.8) is 0 Å². The van der Waals surface area contributed by atoms with Gasteiger partial charge in [0.2, 0.25) is 0 Å². The van der Waals surface area contributed by atoms with Crippen molar-refractivity contribution in [2.24, 2.45) is 0 Å². The molecular formula is C12H12Cl2N2S. The zero-order chi connectivity index (χ0) is 12.3. The fourth-order valence-corrected chi connectivity index (χ4v) is 2.59. The Kier molecular flexibility index (Phi) is 4.40. The fraction of sp³-hybridized carbons (Fsp3) is 0.250. The SMILES string of the molecule is Cc1csc(CNCc2cc(Cl)ccc2Cl)n1. The summed E-state index contributed by atoms with van der Waals surface area (Å²) in [5, 5.41) is 7.87. The van der Waals surface area contributed by atoms with Crippen LogP contribution in [0.4, 0.5) is 0 Å². The number of hydrogen-bond acceptors (Lipinski definition) is 3. The first-order valence-electron chi connectivity index (χ1n) is 5.21. The molecule has 0 amide bonds. The van der Waals surface area contributed by atoms with E-state index in [0.717, 1.165) is 27.8 Å². The number of benzene rings is 1. The molecule has 0 atom stereocenters. The minimum Gasteiger partial charge on any atom is -0.306 e. The van der Waals surface area contributed by atoms with Crippen molar-refractivity contribution in [2.75, 3.05) is 0 Å². The average Bonchev–Trinajstić information content (AvgIpc) is 2.69. The van der Waals surface area contributed by atoms with Gasteiger partial charge in [-0.25, -0.2) is 4.98 Å². The van der Waals surface area contributed by atoms with Crippen molar-refractivity contribution >= 4 is 34.5 Å². The van der Waals surface area contributed by atoms with E-state index >= 15 is 0 Å². The van der Waals surface area contributed by atoms with E-state index in [-0.39, 0.29) is 0 Å². The monoisotopic (exact) mass is 286 g/mol. The minimum absolute atomic E-state index is 0.692. The number of nitrogens with one attached hydrogen (secondary N) is 1. The lowest BCUT2D eigenvalue weighted by atomic mass is 10.2. The Hall–Kier alpha value is -0.610. The van der Waals surface area contributed by atoms with Crippen LogP contribution in [0.3, 0.4) is 0 Å². The van der Waals surface area contributed by atoms with Crippen LogP contribution in [0.5, 0.6) is 0 Å². The molecule has 0 aliphatic rings. The first-order valence-corrected chi connectivity index (χ1v) is 6.84. The highest BCUT2D eigenvalue weighted by Crippen LogP contribution is 2.20. The Balaban J connectivity index is 1.91. The first kappa shape index (κ1) is 12.8. The van der Waals surface area contributed by atoms with Gasteiger partial charge >= 0.3 is 0 Å². The van der Waals surface area contributed by atoms with Crippen molar-refractivity contribution in [3.05, 3.63) is 49.9 Å². The molecule has 90 valence electrons. The molecule has 0 saturated heterocycles. The fourth-order valence-electron chi connectivity index (χ4n) is 1.47. The molecule has 0 radical (unpaired) electrons. The molecule has 1 aromatic carbocycles. The molecule has 0 bridgehead atoms. The van der Waals surface area contributed by atoms with E-state index in [0.29, 0.717) is 11.6 Å². The Morgan fingerprint density at radius 3 is 2.82 bits per heavy atom. The maximum atomic E-state index is 6.07. The van der Waals surface area contributed by atoms with Gasteiger partial charge in [0.25, 0.3) is 0 Å². The van der Waals surface area contributed by atoms with Crippen molar-refractivity contribution in [1.29, 1.82) is 0 Å². The van der Waals surface area contributed by atoms with Crippen LogP contribution in [0.2, 0.25) is 10.0 Å². The summed E-state index contributed by atoms with van der Waals surface area (Å²) in [5.41, 5.74) is 2.07. The van der Waals surface area contributed by atoms with Crippen LogP contribution in [0.25, 0.3) is 0 Å². The molecule has 1 aromatic heterocycles. The molecule has 2 aromatic rings. The highest BCUT2D eigenvalue weighted by molar-refractivity contribution is 7.09. The number of aromatic nitrogens is 1.